The van der Waals surface area contributed by atoms with Crippen molar-refractivity contribution in [3.8, 4) is 0 Å². The van der Waals surface area contributed by atoms with E-state index in [-0.39, 0.29) is 17.5 Å². The lowest BCUT2D eigenvalue weighted by Gasteiger charge is -2.60. The standard InChI is InChI=1S/C21H32O3/c1-13(22)24-15-8-10-20(2)14(12-15)4-5-16-17-6-7-19(23)21(17,3)11-9-18(16)20/h14-18H,4-12H2,1-3H3/t14?,15-,16?,17?,18?,20?,21?/m0/s1. The average molecular weight is 332 g/mol. The van der Waals surface area contributed by atoms with Gasteiger partial charge in [0.2, 0.25) is 0 Å². The predicted octanol–water partition coefficient (Wildman–Crippen LogP) is 4.53. The minimum absolute atomic E-state index is 0.0146. The summed E-state index contributed by atoms with van der Waals surface area (Å²) in [5, 5.41) is 0. The van der Waals surface area contributed by atoms with Gasteiger partial charge in [0.15, 0.2) is 0 Å². The van der Waals surface area contributed by atoms with E-state index in [0.717, 1.165) is 43.9 Å². The van der Waals surface area contributed by atoms with E-state index in [2.05, 4.69) is 13.8 Å². The van der Waals surface area contributed by atoms with E-state index >= 15 is 0 Å². The first-order valence-corrected chi connectivity index (χ1v) is 10.0. The topological polar surface area (TPSA) is 43.4 Å². The van der Waals surface area contributed by atoms with E-state index in [1.54, 1.807) is 0 Å². The number of fused-ring (bicyclic) bond motifs is 5. The van der Waals surface area contributed by atoms with Gasteiger partial charge in [-0.15, -0.1) is 0 Å². The van der Waals surface area contributed by atoms with Crippen LogP contribution >= 0.6 is 0 Å². The van der Waals surface area contributed by atoms with Gasteiger partial charge in [-0.2, -0.15) is 0 Å². The monoisotopic (exact) mass is 332 g/mol. The lowest BCUT2D eigenvalue weighted by Crippen LogP contribution is -2.54. The second-order valence-corrected chi connectivity index (χ2v) is 9.58. The maximum Gasteiger partial charge on any atom is 0.302 e. The van der Waals surface area contributed by atoms with Gasteiger partial charge in [-0.3, -0.25) is 9.59 Å². The molecule has 3 nitrogen and oxygen atoms in total. The molecule has 0 heterocycles. The number of rotatable bonds is 1. The SMILES string of the molecule is CC(=O)O[C@H]1CCC2(C)C(CCC3C4CCC(=O)C4(C)CCC32)C1. The Morgan fingerprint density at radius 2 is 1.83 bits per heavy atom. The molecule has 4 fully saturated rings. The molecule has 0 saturated heterocycles. The number of hydrogen-bond acceptors (Lipinski definition) is 3. The summed E-state index contributed by atoms with van der Waals surface area (Å²) in [6.45, 7) is 6.30. The smallest absolute Gasteiger partial charge is 0.302 e. The summed E-state index contributed by atoms with van der Waals surface area (Å²) in [6.07, 6.45) is 10.2. The highest BCUT2D eigenvalue weighted by Crippen LogP contribution is 2.65. The van der Waals surface area contributed by atoms with E-state index in [4.69, 9.17) is 4.74 Å². The zero-order valence-electron chi connectivity index (χ0n) is 15.5. The summed E-state index contributed by atoms with van der Waals surface area (Å²) < 4.78 is 5.54. The summed E-state index contributed by atoms with van der Waals surface area (Å²) in [7, 11) is 0. The van der Waals surface area contributed by atoms with Crippen LogP contribution in [0.3, 0.4) is 0 Å². The van der Waals surface area contributed by atoms with E-state index < -0.39 is 0 Å². The van der Waals surface area contributed by atoms with Gasteiger partial charge in [0.1, 0.15) is 11.9 Å². The zero-order chi connectivity index (χ0) is 17.1. The van der Waals surface area contributed by atoms with Crippen molar-refractivity contribution >= 4 is 11.8 Å². The number of hydrogen-bond donors (Lipinski definition) is 0. The first kappa shape index (κ1) is 16.6. The minimum Gasteiger partial charge on any atom is -0.463 e. The van der Waals surface area contributed by atoms with Crippen LogP contribution in [-0.2, 0) is 14.3 Å². The molecule has 0 aromatic heterocycles. The number of carbonyl (C=O) groups is 2. The third kappa shape index (κ3) is 2.29. The molecule has 0 radical (unpaired) electrons. The van der Waals surface area contributed by atoms with Gasteiger partial charge in [0, 0.05) is 18.8 Å². The second kappa shape index (κ2) is 5.57. The number of ether oxygens (including phenoxy) is 1. The Morgan fingerprint density at radius 3 is 2.58 bits per heavy atom. The van der Waals surface area contributed by atoms with E-state index in [1.807, 2.05) is 0 Å². The van der Waals surface area contributed by atoms with Crippen molar-refractivity contribution in [2.75, 3.05) is 0 Å². The minimum atomic E-state index is -0.129. The van der Waals surface area contributed by atoms with Crippen LogP contribution in [0.4, 0.5) is 0 Å². The fraction of sp³-hybridized carbons (Fsp3) is 0.905. The lowest BCUT2D eigenvalue weighted by molar-refractivity contribution is -0.160. The van der Waals surface area contributed by atoms with Crippen LogP contribution in [0.1, 0.15) is 78.6 Å². The maximum absolute atomic E-state index is 12.5. The van der Waals surface area contributed by atoms with Crippen molar-refractivity contribution in [1.82, 2.24) is 0 Å². The maximum atomic E-state index is 12.5. The Hall–Kier alpha value is -0.860. The molecule has 0 aliphatic heterocycles. The van der Waals surface area contributed by atoms with Gasteiger partial charge >= 0.3 is 5.97 Å². The molecule has 0 N–H and O–H groups in total. The van der Waals surface area contributed by atoms with Crippen molar-refractivity contribution in [1.29, 1.82) is 0 Å². The first-order chi connectivity index (χ1) is 11.3. The summed E-state index contributed by atoms with van der Waals surface area (Å²) in [5.41, 5.74) is 0.381. The Bertz CT molecular complexity index is 555. The van der Waals surface area contributed by atoms with Gasteiger partial charge in [-0.05, 0) is 80.5 Å². The summed E-state index contributed by atoms with van der Waals surface area (Å²) >= 11 is 0. The first-order valence-electron chi connectivity index (χ1n) is 10.0. The second-order valence-electron chi connectivity index (χ2n) is 9.58. The average Bonchev–Trinajstić information content (AvgIpc) is 2.83. The number of esters is 1. The van der Waals surface area contributed by atoms with E-state index in [1.165, 1.54) is 32.6 Å². The Morgan fingerprint density at radius 1 is 1.04 bits per heavy atom. The molecule has 0 spiro atoms. The fourth-order valence-electron chi connectivity index (χ4n) is 7.33. The molecule has 4 aliphatic carbocycles. The van der Waals surface area contributed by atoms with E-state index in [9.17, 15) is 9.59 Å². The molecule has 0 aromatic carbocycles. The van der Waals surface area contributed by atoms with Crippen molar-refractivity contribution in [2.45, 2.75) is 84.7 Å². The van der Waals surface area contributed by atoms with Gasteiger partial charge in [0.05, 0.1) is 0 Å². The van der Waals surface area contributed by atoms with Crippen molar-refractivity contribution < 1.29 is 14.3 Å². The van der Waals surface area contributed by atoms with Crippen molar-refractivity contribution in [2.24, 2.45) is 34.5 Å². The van der Waals surface area contributed by atoms with Gasteiger partial charge < -0.3 is 4.74 Å². The highest BCUT2D eigenvalue weighted by molar-refractivity contribution is 5.87. The lowest BCUT2D eigenvalue weighted by atomic mass is 9.45. The molecule has 7 atom stereocenters. The molecule has 4 saturated carbocycles. The normalized spacial score (nSPS) is 50.6. The number of Topliss-reactive ketones (excluding diaryl/α,β-unsaturated/α-hetero) is 1. The third-order valence-electron chi connectivity index (χ3n) is 8.66. The molecular formula is C21H32O3. The highest BCUT2D eigenvalue weighted by atomic mass is 16.5. The molecule has 0 bridgehead atoms. The molecule has 24 heavy (non-hydrogen) atoms. The molecule has 4 rings (SSSR count). The Balaban J connectivity index is 1.54. The third-order valence-corrected chi connectivity index (χ3v) is 8.66. The van der Waals surface area contributed by atoms with Crippen LogP contribution in [-0.4, -0.2) is 17.9 Å². The number of ketones is 1. The largest absolute Gasteiger partial charge is 0.463 e. The van der Waals surface area contributed by atoms with Crippen molar-refractivity contribution in [3.05, 3.63) is 0 Å². The summed E-state index contributed by atoms with van der Waals surface area (Å²) in [4.78, 5) is 23.8. The molecule has 6 unspecified atom stereocenters. The molecule has 4 aliphatic rings. The molecule has 3 heteroatoms. The Labute approximate surface area is 145 Å². The van der Waals surface area contributed by atoms with Crippen LogP contribution in [0, 0.1) is 34.5 Å². The fourth-order valence-corrected chi connectivity index (χ4v) is 7.33. The van der Waals surface area contributed by atoms with Crippen LogP contribution in [0.5, 0.6) is 0 Å². The van der Waals surface area contributed by atoms with Crippen LogP contribution in [0.25, 0.3) is 0 Å². The van der Waals surface area contributed by atoms with Crippen LogP contribution in [0.15, 0.2) is 0 Å². The van der Waals surface area contributed by atoms with Crippen molar-refractivity contribution in [3.63, 3.8) is 0 Å². The quantitative estimate of drug-likeness (QED) is 0.663. The van der Waals surface area contributed by atoms with Gasteiger partial charge in [0.25, 0.3) is 0 Å². The molecule has 0 amide bonds. The van der Waals surface area contributed by atoms with Crippen LogP contribution < -0.4 is 0 Å². The molecule has 134 valence electrons. The summed E-state index contributed by atoms with van der Waals surface area (Å²) in [6, 6.07) is 0. The molecular weight excluding hydrogens is 300 g/mol. The zero-order valence-corrected chi connectivity index (χ0v) is 15.5. The predicted molar refractivity (Wildman–Crippen MR) is 92.3 cm³/mol. The Kier molecular flexibility index (Phi) is 3.85. The molecule has 0 aromatic rings. The van der Waals surface area contributed by atoms with Gasteiger partial charge in [-0.25, -0.2) is 0 Å². The summed E-state index contributed by atoms with van der Waals surface area (Å²) in [5.74, 6) is 3.26. The highest BCUT2D eigenvalue weighted by Gasteiger charge is 2.60. The van der Waals surface area contributed by atoms with Crippen LogP contribution in [0.2, 0.25) is 0 Å². The van der Waals surface area contributed by atoms with E-state index in [0.29, 0.717) is 23.0 Å². The number of carbonyl (C=O) groups excluding carboxylic acids is 2. The van der Waals surface area contributed by atoms with Gasteiger partial charge in [-0.1, -0.05) is 13.8 Å².